The molecule has 0 spiro atoms. The van der Waals surface area contributed by atoms with E-state index < -0.39 is 18.8 Å². The van der Waals surface area contributed by atoms with Gasteiger partial charge in [-0.25, -0.2) is 8.78 Å². The highest BCUT2D eigenvalue weighted by molar-refractivity contribution is 7.86. The maximum absolute atomic E-state index is 15.9. The zero-order valence-electron chi connectivity index (χ0n) is 20.2. The lowest BCUT2D eigenvalue weighted by Crippen LogP contribution is -2.27. The Morgan fingerprint density at radius 2 is 0.842 bits per heavy atom. The van der Waals surface area contributed by atoms with Gasteiger partial charge in [-0.3, -0.25) is 0 Å². The lowest BCUT2D eigenvalue weighted by Gasteiger charge is -2.25. The fraction of sp³-hybridized carbons (Fsp3) is 0. The van der Waals surface area contributed by atoms with E-state index >= 15 is 4.57 Å². The summed E-state index contributed by atoms with van der Waals surface area (Å²) in [5.41, 5.74) is 0. The molecule has 0 saturated heterocycles. The molecule has 0 bridgehead atoms. The number of hydrogen-bond donors (Lipinski definition) is 0. The maximum Gasteiger partial charge on any atom is 0.172 e. The Bertz CT molecular complexity index is 1970. The summed E-state index contributed by atoms with van der Waals surface area (Å²) in [5, 5.41) is 9.05. The standard InChI is InChI=1S/C34H21F2OP/c35-31-18-17-24(21-32(31)36)38(37,33-19-22-9-1-3-11-25(22)27-13-5-7-15-29(27)33)34-20-23-10-2-4-12-26(23)28-14-6-8-16-30(28)34/h1-21H. The van der Waals surface area contributed by atoms with Crippen LogP contribution in [-0.4, -0.2) is 0 Å². The Balaban J connectivity index is 1.71. The van der Waals surface area contributed by atoms with Crippen molar-refractivity contribution in [2.24, 2.45) is 0 Å². The summed E-state index contributed by atoms with van der Waals surface area (Å²) in [6.07, 6.45) is 0. The van der Waals surface area contributed by atoms with Gasteiger partial charge in [0.2, 0.25) is 0 Å². The molecule has 0 fully saturated rings. The molecule has 0 N–H and O–H groups in total. The summed E-state index contributed by atoms with van der Waals surface area (Å²) >= 11 is 0. The van der Waals surface area contributed by atoms with Gasteiger partial charge in [0.05, 0.1) is 0 Å². The normalized spacial score (nSPS) is 12.1. The molecule has 7 aromatic carbocycles. The monoisotopic (exact) mass is 514 g/mol. The van der Waals surface area contributed by atoms with Gasteiger partial charge < -0.3 is 4.57 Å². The van der Waals surface area contributed by atoms with Gasteiger partial charge in [0.1, 0.15) is 0 Å². The van der Waals surface area contributed by atoms with Crippen molar-refractivity contribution in [2.45, 2.75) is 0 Å². The predicted molar refractivity (Wildman–Crippen MR) is 156 cm³/mol. The first-order valence-corrected chi connectivity index (χ1v) is 14.1. The second-order valence-corrected chi connectivity index (χ2v) is 12.2. The van der Waals surface area contributed by atoms with Gasteiger partial charge in [0.15, 0.2) is 18.8 Å². The Morgan fingerprint density at radius 3 is 1.32 bits per heavy atom. The summed E-state index contributed by atoms with van der Waals surface area (Å²) < 4.78 is 44.8. The maximum atomic E-state index is 15.9. The minimum atomic E-state index is -3.73. The SMILES string of the molecule is O=P(c1ccc(F)c(F)c1)(c1cc2ccccc2c2ccccc12)c1cc2ccccc2c2ccccc12. The first-order chi connectivity index (χ1) is 18.6. The molecule has 4 heteroatoms. The van der Waals surface area contributed by atoms with Crippen LogP contribution in [0.5, 0.6) is 0 Å². The molecule has 0 aliphatic carbocycles. The van der Waals surface area contributed by atoms with Crippen molar-refractivity contribution in [1.29, 1.82) is 0 Å². The minimum absolute atomic E-state index is 0.261. The van der Waals surface area contributed by atoms with Crippen LogP contribution in [0.3, 0.4) is 0 Å². The molecule has 1 nitrogen and oxygen atoms in total. The minimum Gasteiger partial charge on any atom is -0.309 e. The van der Waals surface area contributed by atoms with Crippen molar-refractivity contribution in [3.8, 4) is 0 Å². The van der Waals surface area contributed by atoms with E-state index in [-0.39, 0.29) is 5.30 Å². The molecule has 0 atom stereocenters. The lowest BCUT2D eigenvalue weighted by atomic mass is 10.0. The van der Waals surface area contributed by atoms with Crippen molar-refractivity contribution in [3.63, 3.8) is 0 Å². The van der Waals surface area contributed by atoms with Crippen LogP contribution in [0.25, 0.3) is 43.1 Å². The lowest BCUT2D eigenvalue weighted by molar-refractivity contribution is 0.509. The van der Waals surface area contributed by atoms with Crippen LogP contribution in [0.1, 0.15) is 0 Å². The molecule has 0 heterocycles. The third-order valence-corrected chi connectivity index (χ3v) is 10.5. The summed E-state index contributed by atoms with van der Waals surface area (Å²) in [4.78, 5) is 0. The molecule has 0 aromatic heterocycles. The molecule has 0 radical (unpaired) electrons. The van der Waals surface area contributed by atoms with E-state index in [4.69, 9.17) is 0 Å². The zero-order chi connectivity index (χ0) is 25.9. The Labute approximate surface area is 218 Å². The van der Waals surface area contributed by atoms with E-state index in [0.717, 1.165) is 55.2 Å². The summed E-state index contributed by atoms with van der Waals surface area (Å²) in [6, 6.07) is 39.3. The fourth-order valence-electron chi connectivity index (χ4n) is 5.68. The van der Waals surface area contributed by atoms with Gasteiger partial charge >= 0.3 is 0 Å². The first-order valence-electron chi connectivity index (χ1n) is 12.4. The van der Waals surface area contributed by atoms with Gasteiger partial charge in [-0.05, 0) is 73.4 Å². The summed E-state index contributed by atoms with van der Waals surface area (Å²) in [6.45, 7) is 0. The molecule has 0 amide bonds. The topological polar surface area (TPSA) is 17.1 Å². The molecule has 7 rings (SSSR count). The molecular weight excluding hydrogens is 493 g/mol. The fourth-order valence-corrected chi connectivity index (χ4v) is 8.78. The highest BCUT2D eigenvalue weighted by Crippen LogP contribution is 2.48. The van der Waals surface area contributed by atoms with Crippen LogP contribution in [0.2, 0.25) is 0 Å². The highest BCUT2D eigenvalue weighted by atomic mass is 31.2. The molecule has 0 aliphatic heterocycles. The largest absolute Gasteiger partial charge is 0.309 e. The van der Waals surface area contributed by atoms with Gasteiger partial charge in [-0.15, -0.1) is 0 Å². The van der Waals surface area contributed by atoms with E-state index in [1.807, 2.05) is 97.1 Å². The molecule has 0 unspecified atom stereocenters. The van der Waals surface area contributed by atoms with Crippen molar-refractivity contribution in [3.05, 3.63) is 139 Å². The van der Waals surface area contributed by atoms with Gasteiger partial charge in [-0.1, -0.05) is 97.1 Å². The third kappa shape index (κ3) is 3.32. The second-order valence-electron chi connectivity index (χ2n) is 9.53. The van der Waals surface area contributed by atoms with Crippen molar-refractivity contribution in [1.82, 2.24) is 0 Å². The number of rotatable bonds is 3. The molecule has 0 aliphatic rings. The van der Waals surface area contributed by atoms with E-state index in [9.17, 15) is 8.78 Å². The van der Waals surface area contributed by atoms with Crippen molar-refractivity contribution in [2.75, 3.05) is 0 Å². The molecule has 182 valence electrons. The number of halogens is 2. The summed E-state index contributed by atoms with van der Waals surface area (Å²) in [7, 11) is -3.73. The summed E-state index contributed by atoms with van der Waals surface area (Å²) in [5.74, 6) is -1.98. The van der Waals surface area contributed by atoms with E-state index in [1.165, 1.54) is 6.07 Å². The first kappa shape index (κ1) is 22.8. The van der Waals surface area contributed by atoms with Crippen molar-refractivity contribution >= 4 is 66.1 Å². The molecular formula is C34H21F2OP. The number of benzene rings is 7. The van der Waals surface area contributed by atoms with Crippen LogP contribution in [-0.2, 0) is 4.57 Å². The smallest absolute Gasteiger partial charge is 0.172 e. The van der Waals surface area contributed by atoms with Crippen molar-refractivity contribution < 1.29 is 13.3 Å². The van der Waals surface area contributed by atoms with Gasteiger partial charge in [0.25, 0.3) is 0 Å². The molecule has 38 heavy (non-hydrogen) atoms. The Hall–Kier alpha value is -4.33. The highest BCUT2D eigenvalue weighted by Gasteiger charge is 2.35. The quantitative estimate of drug-likeness (QED) is 0.172. The van der Waals surface area contributed by atoms with Crippen LogP contribution in [0, 0.1) is 11.6 Å². The predicted octanol–water partition coefficient (Wildman–Crippen LogP) is 8.22. The Morgan fingerprint density at radius 1 is 0.421 bits per heavy atom. The van der Waals surface area contributed by atoms with Crippen LogP contribution >= 0.6 is 7.14 Å². The average Bonchev–Trinajstić information content (AvgIpc) is 2.97. The third-order valence-electron chi connectivity index (χ3n) is 7.44. The number of fused-ring (bicyclic) bond motifs is 6. The average molecular weight is 515 g/mol. The van der Waals surface area contributed by atoms with Gasteiger partial charge in [0, 0.05) is 15.9 Å². The van der Waals surface area contributed by atoms with E-state index in [1.54, 1.807) is 0 Å². The van der Waals surface area contributed by atoms with Gasteiger partial charge in [-0.2, -0.15) is 0 Å². The number of hydrogen-bond acceptors (Lipinski definition) is 1. The Kier molecular flexibility index (Phi) is 5.18. The van der Waals surface area contributed by atoms with E-state index in [2.05, 4.69) is 12.1 Å². The molecule has 7 aromatic rings. The second kappa shape index (κ2) is 8.62. The van der Waals surface area contributed by atoms with Crippen LogP contribution < -0.4 is 15.9 Å². The van der Waals surface area contributed by atoms with E-state index in [0.29, 0.717) is 10.6 Å². The van der Waals surface area contributed by atoms with Crippen LogP contribution in [0.4, 0.5) is 8.78 Å². The van der Waals surface area contributed by atoms with Crippen LogP contribution in [0.15, 0.2) is 127 Å². The zero-order valence-corrected chi connectivity index (χ0v) is 21.1. The molecule has 0 saturated carbocycles.